The molecule has 1 N–H and O–H groups in total. The van der Waals surface area contributed by atoms with Crippen LogP contribution in [-0.2, 0) is 19.9 Å². The number of fused-ring (bicyclic) bond motifs is 7. The molecule has 2 aromatic rings. The van der Waals surface area contributed by atoms with Gasteiger partial charge in [-0.05, 0) is 63.4 Å². The first-order valence-corrected chi connectivity index (χ1v) is 11.5. The van der Waals surface area contributed by atoms with Crippen LogP contribution in [0, 0.1) is 32.6 Å². The number of amides is 3. The first-order chi connectivity index (χ1) is 15.3. The standard InChI is InChI=1S/C25H24ClN3O3/c1-12-9-14(3)21-16(10-12)25(24(32)27-21)20-19(17-5-4-8-28(17)25)22(30)29(23(20)31)18-11-15(26)7-6-13(18)2/h6-7,9-11,17,19-20H,4-5,8H2,1-3H3,(H,27,32). The Morgan fingerprint density at radius 3 is 2.59 bits per heavy atom. The number of nitrogens with zero attached hydrogens (tertiary/aromatic N) is 2. The maximum absolute atomic E-state index is 14.0. The Bertz CT molecular complexity index is 1240. The van der Waals surface area contributed by atoms with Crippen molar-refractivity contribution in [3.05, 3.63) is 57.6 Å². The first kappa shape index (κ1) is 19.9. The molecule has 3 amide bonds. The van der Waals surface area contributed by atoms with Crippen molar-refractivity contribution in [1.82, 2.24) is 4.90 Å². The van der Waals surface area contributed by atoms with Gasteiger partial charge in [0.1, 0.15) is 5.54 Å². The highest BCUT2D eigenvalue weighted by molar-refractivity contribution is 6.32. The van der Waals surface area contributed by atoms with Crippen molar-refractivity contribution in [3.63, 3.8) is 0 Å². The molecule has 7 heteroatoms. The van der Waals surface area contributed by atoms with Gasteiger partial charge in [0.05, 0.1) is 17.5 Å². The third kappa shape index (κ3) is 2.22. The number of rotatable bonds is 1. The molecule has 0 aromatic heterocycles. The van der Waals surface area contributed by atoms with E-state index in [1.165, 1.54) is 4.90 Å². The summed E-state index contributed by atoms with van der Waals surface area (Å²) in [7, 11) is 0. The van der Waals surface area contributed by atoms with E-state index < -0.39 is 17.4 Å². The topological polar surface area (TPSA) is 69.7 Å². The summed E-state index contributed by atoms with van der Waals surface area (Å²) in [6, 6.07) is 9.16. The van der Waals surface area contributed by atoms with E-state index in [1.807, 2.05) is 39.0 Å². The van der Waals surface area contributed by atoms with E-state index in [1.54, 1.807) is 12.1 Å². The molecule has 3 saturated heterocycles. The molecule has 4 unspecified atom stereocenters. The zero-order chi connectivity index (χ0) is 22.5. The number of hydrogen-bond donors (Lipinski definition) is 1. The van der Waals surface area contributed by atoms with E-state index in [-0.39, 0.29) is 23.8 Å². The van der Waals surface area contributed by atoms with Crippen molar-refractivity contribution in [1.29, 1.82) is 0 Å². The van der Waals surface area contributed by atoms with Crippen LogP contribution in [0.2, 0.25) is 5.02 Å². The monoisotopic (exact) mass is 449 g/mol. The largest absolute Gasteiger partial charge is 0.324 e. The molecule has 3 fully saturated rings. The Morgan fingerprint density at radius 1 is 1.03 bits per heavy atom. The van der Waals surface area contributed by atoms with Crippen LogP contribution in [0.5, 0.6) is 0 Å². The Morgan fingerprint density at radius 2 is 1.81 bits per heavy atom. The number of carbonyl (C=O) groups is 3. The number of hydrogen-bond acceptors (Lipinski definition) is 4. The maximum Gasteiger partial charge on any atom is 0.250 e. The lowest BCUT2D eigenvalue weighted by Gasteiger charge is -2.37. The summed E-state index contributed by atoms with van der Waals surface area (Å²) in [5, 5.41) is 3.55. The summed E-state index contributed by atoms with van der Waals surface area (Å²) in [4.78, 5) is 45.0. The zero-order valence-electron chi connectivity index (χ0n) is 18.2. The lowest BCUT2D eigenvalue weighted by molar-refractivity contribution is -0.135. The van der Waals surface area contributed by atoms with Gasteiger partial charge < -0.3 is 5.32 Å². The fraction of sp³-hybridized carbons (Fsp3) is 0.400. The summed E-state index contributed by atoms with van der Waals surface area (Å²) in [6.07, 6.45) is 1.71. The number of carbonyl (C=O) groups excluding carboxylic acids is 3. The molecule has 0 radical (unpaired) electrons. The summed E-state index contributed by atoms with van der Waals surface area (Å²) < 4.78 is 0. The summed E-state index contributed by atoms with van der Waals surface area (Å²) >= 11 is 6.22. The second-order valence-electron chi connectivity index (χ2n) is 9.57. The number of anilines is 2. The van der Waals surface area contributed by atoms with Crippen LogP contribution in [0.3, 0.4) is 0 Å². The van der Waals surface area contributed by atoms with Crippen molar-refractivity contribution < 1.29 is 14.4 Å². The van der Waals surface area contributed by atoms with E-state index in [2.05, 4.69) is 10.2 Å². The third-order valence-corrected chi connectivity index (χ3v) is 8.09. The van der Waals surface area contributed by atoms with Crippen LogP contribution < -0.4 is 10.2 Å². The predicted octanol–water partition coefficient (Wildman–Crippen LogP) is 3.70. The lowest BCUT2D eigenvalue weighted by Crippen LogP contribution is -2.54. The average molecular weight is 450 g/mol. The molecule has 6 nitrogen and oxygen atoms in total. The molecule has 4 aliphatic heterocycles. The van der Waals surface area contributed by atoms with Crippen LogP contribution in [0.25, 0.3) is 0 Å². The molecule has 4 heterocycles. The molecule has 4 atom stereocenters. The molecule has 6 rings (SSSR count). The van der Waals surface area contributed by atoms with E-state index in [0.29, 0.717) is 17.3 Å². The third-order valence-electron chi connectivity index (χ3n) is 7.86. The quantitative estimate of drug-likeness (QED) is 0.674. The van der Waals surface area contributed by atoms with Crippen molar-refractivity contribution in [2.24, 2.45) is 11.8 Å². The average Bonchev–Trinajstić information content (AvgIpc) is 3.43. The highest BCUT2D eigenvalue weighted by atomic mass is 35.5. The smallest absolute Gasteiger partial charge is 0.250 e. The molecule has 2 aromatic carbocycles. The zero-order valence-corrected chi connectivity index (χ0v) is 19.0. The van der Waals surface area contributed by atoms with Crippen LogP contribution in [-0.4, -0.2) is 35.2 Å². The molecule has 0 saturated carbocycles. The van der Waals surface area contributed by atoms with Gasteiger partial charge in [0.2, 0.25) is 17.7 Å². The van der Waals surface area contributed by atoms with Crippen LogP contribution in [0.15, 0.2) is 30.3 Å². The van der Waals surface area contributed by atoms with Gasteiger partial charge in [0, 0.05) is 22.3 Å². The van der Waals surface area contributed by atoms with Crippen LogP contribution in [0.4, 0.5) is 11.4 Å². The van der Waals surface area contributed by atoms with Gasteiger partial charge in [-0.1, -0.05) is 35.4 Å². The number of imide groups is 1. The van der Waals surface area contributed by atoms with Crippen LogP contribution >= 0.6 is 11.6 Å². The SMILES string of the molecule is Cc1cc(C)c2c(c1)C1(C(=O)N2)C2C(=O)N(c3cc(Cl)ccc3C)C(=O)C2C2CCCN21. The molecule has 0 bridgehead atoms. The van der Waals surface area contributed by atoms with E-state index in [9.17, 15) is 14.4 Å². The number of benzene rings is 2. The Labute approximate surface area is 191 Å². The Kier molecular flexibility index (Phi) is 4.00. The number of halogens is 1. The molecular weight excluding hydrogens is 426 g/mol. The van der Waals surface area contributed by atoms with Gasteiger partial charge in [0.25, 0.3) is 0 Å². The van der Waals surface area contributed by atoms with E-state index in [4.69, 9.17) is 11.6 Å². The van der Waals surface area contributed by atoms with Gasteiger partial charge in [-0.3, -0.25) is 19.3 Å². The van der Waals surface area contributed by atoms with Crippen LogP contribution in [0.1, 0.15) is 35.1 Å². The minimum Gasteiger partial charge on any atom is -0.324 e. The second-order valence-corrected chi connectivity index (χ2v) is 10.0. The highest BCUT2D eigenvalue weighted by Gasteiger charge is 2.74. The Hall–Kier alpha value is -2.70. The number of aryl methyl sites for hydroxylation is 3. The second kappa shape index (κ2) is 6.42. The van der Waals surface area contributed by atoms with Gasteiger partial charge in [0.15, 0.2) is 0 Å². The molecule has 4 aliphatic rings. The normalized spacial score (nSPS) is 30.8. The van der Waals surface area contributed by atoms with Crippen molar-refractivity contribution >= 4 is 40.7 Å². The molecule has 1 spiro atoms. The summed E-state index contributed by atoms with van der Waals surface area (Å²) in [5.41, 5.74) is 3.80. The van der Waals surface area contributed by atoms with Gasteiger partial charge in [-0.2, -0.15) is 0 Å². The lowest BCUT2D eigenvalue weighted by atomic mass is 9.75. The maximum atomic E-state index is 14.0. The van der Waals surface area contributed by atoms with E-state index >= 15 is 0 Å². The van der Waals surface area contributed by atoms with Crippen molar-refractivity contribution in [2.75, 3.05) is 16.8 Å². The van der Waals surface area contributed by atoms with Gasteiger partial charge >= 0.3 is 0 Å². The molecule has 164 valence electrons. The van der Waals surface area contributed by atoms with Crippen molar-refractivity contribution in [3.8, 4) is 0 Å². The minimum absolute atomic E-state index is 0.126. The predicted molar refractivity (Wildman–Crippen MR) is 122 cm³/mol. The van der Waals surface area contributed by atoms with Gasteiger partial charge in [-0.15, -0.1) is 0 Å². The minimum atomic E-state index is -1.15. The fourth-order valence-electron chi connectivity index (χ4n) is 6.72. The van der Waals surface area contributed by atoms with Gasteiger partial charge in [-0.25, -0.2) is 4.90 Å². The van der Waals surface area contributed by atoms with E-state index in [0.717, 1.165) is 40.8 Å². The number of nitrogens with one attached hydrogen (secondary N) is 1. The molecular formula is C25H24ClN3O3. The van der Waals surface area contributed by atoms with Crippen molar-refractivity contribution in [2.45, 2.75) is 45.2 Å². The fourth-order valence-corrected chi connectivity index (χ4v) is 6.89. The molecule has 0 aliphatic carbocycles. The summed E-state index contributed by atoms with van der Waals surface area (Å²) in [5.74, 6) is -2.00. The summed E-state index contributed by atoms with van der Waals surface area (Å²) in [6.45, 7) is 6.54. The Balaban J connectivity index is 1.59. The highest BCUT2D eigenvalue weighted by Crippen LogP contribution is 2.61. The molecule has 32 heavy (non-hydrogen) atoms. The first-order valence-electron chi connectivity index (χ1n) is 11.1.